The van der Waals surface area contributed by atoms with Crippen LogP contribution in [0.15, 0.2) is 24.3 Å². The average molecular weight is 295 g/mol. The lowest BCUT2D eigenvalue weighted by Crippen LogP contribution is -2.33. The van der Waals surface area contributed by atoms with Crippen molar-refractivity contribution in [1.82, 2.24) is 0 Å². The van der Waals surface area contributed by atoms with E-state index in [1.165, 1.54) is 37.7 Å². The normalized spacial score (nSPS) is 26.6. The van der Waals surface area contributed by atoms with Crippen LogP contribution in [0, 0.1) is 11.3 Å². The highest BCUT2D eigenvalue weighted by Crippen LogP contribution is 2.42. The van der Waals surface area contributed by atoms with Crippen molar-refractivity contribution >= 4 is 11.6 Å². The molecule has 0 heterocycles. The van der Waals surface area contributed by atoms with Crippen molar-refractivity contribution in [3.05, 3.63) is 34.9 Å². The van der Waals surface area contributed by atoms with Crippen LogP contribution in [0.5, 0.6) is 0 Å². The molecule has 0 radical (unpaired) electrons. The Morgan fingerprint density at radius 1 is 1.30 bits per heavy atom. The molecule has 1 saturated carbocycles. The standard InChI is InChI=1S/C18H27ClO/c1-2-3-5-15-8-10-18(14-20,11-9-15)13-16-6-4-7-17(19)12-16/h4,6-7,12,15,20H,2-3,5,8-11,13-14H2,1H3. The third kappa shape index (κ3) is 4.23. The summed E-state index contributed by atoms with van der Waals surface area (Å²) in [5.41, 5.74) is 1.35. The molecule has 1 aromatic rings. The van der Waals surface area contributed by atoms with E-state index in [4.69, 9.17) is 11.6 Å². The molecule has 0 aliphatic heterocycles. The Hall–Kier alpha value is -0.530. The molecular formula is C18H27ClO. The Morgan fingerprint density at radius 3 is 2.65 bits per heavy atom. The summed E-state index contributed by atoms with van der Waals surface area (Å²) in [5.74, 6) is 0.883. The van der Waals surface area contributed by atoms with Crippen molar-refractivity contribution in [3.63, 3.8) is 0 Å². The first-order chi connectivity index (χ1) is 9.67. The van der Waals surface area contributed by atoms with Crippen molar-refractivity contribution in [2.24, 2.45) is 11.3 Å². The Kier molecular flexibility index (Phi) is 5.92. The third-order valence-electron chi connectivity index (χ3n) is 4.94. The first-order valence-electron chi connectivity index (χ1n) is 8.03. The molecule has 0 aromatic heterocycles. The van der Waals surface area contributed by atoms with E-state index in [2.05, 4.69) is 13.0 Å². The van der Waals surface area contributed by atoms with E-state index in [1.807, 2.05) is 18.2 Å². The first-order valence-corrected chi connectivity index (χ1v) is 8.40. The van der Waals surface area contributed by atoms with Crippen molar-refractivity contribution in [3.8, 4) is 0 Å². The van der Waals surface area contributed by atoms with Gasteiger partial charge >= 0.3 is 0 Å². The maximum atomic E-state index is 9.90. The van der Waals surface area contributed by atoms with E-state index in [-0.39, 0.29) is 5.41 Å². The van der Waals surface area contributed by atoms with Crippen LogP contribution in [0.1, 0.15) is 57.4 Å². The first kappa shape index (κ1) is 15.9. The maximum Gasteiger partial charge on any atom is 0.0490 e. The number of hydrogen-bond acceptors (Lipinski definition) is 1. The molecule has 1 nitrogen and oxygen atoms in total. The quantitative estimate of drug-likeness (QED) is 0.760. The number of halogens is 1. The smallest absolute Gasteiger partial charge is 0.0490 e. The highest BCUT2D eigenvalue weighted by molar-refractivity contribution is 6.30. The average Bonchev–Trinajstić information content (AvgIpc) is 2.47. The van der Waals surface area contributed by atoms with Crippen LogP contribution in [-0.4, -0.2) is 11.7 Å². The van der Waals surface area contributed by atoms with E-state index in [0.717, 1.165) is 30.2 Å². The van der Waals surface area contributed by atoms with Gasteiger partial charge < -0.3 is 5.11 Å². The Bertz CT molecular complexity index is 408. The maximum absolute atomic E-state index is 9.90. The molecule has 1 aliphatic carbocycles. The van der Waals surface area contributed by atoms with Gasteiger partial charge in [0.05, 0.1) is 0 Å². The fourth-order valence-electron chi connectivity index (χ4n) is 3.54. The number of aliphatic hydroxyl groups is 1. The molecule has 112 valence electrons. The lowest BCUT2D eigenvalue weighted by atomic mass is 9.67. The van der Waals surface area contributed by atoms with Crippen molar-refractivity contribution in [2.75, 3.05) is 6.61 Å². The predicted octanol–water partition coefficient (Wildman–Crippen LogP) is 5.24. The molecule has 1 fully saturated rings. The predicted molar refractivity (Wildman–Crippen MR) is 86.2 cm³/mol. The second-order valence-electron chi connectivity index (χ2n) is 6.55. The number of rotatable bonds is 6. The van der Waals surface area contributed by atoms with Crippen LogP contribution in [-0.2, 0) is 6.42 Å². The molecule has 0 atom stereocenters. The molecule has 0 amide bonds. The molecular weight excluding hydrogens is 268 g/mol. The van der Waals surface area contributed by atoms with Crippen LogP contribution in [0.25, 0.3) is 0 Å². The van der Waals surface area contributed by atoms with Crippen molar-refractivity contribution < 1.29 is 5.11 Å². The minimum absolute atomic E-state index is 0.0907. The number of unbranched alkanes of at least 4 members (excludes halogenated alkanes) is 1. The summed E-state index contributed by atoms with van der Waals surface area (Å²) < 4.78 is 0. The van der Waals surface area contributed by atoms with E-state index in [0.29, 0.717) is 6.61 Å². The highest BCUT2D eigenvalue weighted by atomic mass is 35.5. The lowest BCUT2D eigenvalue weighted by molar-refractivity contribution is 0.0621. The Balaban J connectivity index is 1.94. The zero-order valence-electron chi connectivity index (χ0n) is 12.6. The van der Waals surface area contributed by atoms with Gasteiger partial charge in [0, 0.05) is 11.6 Å². The van der Waals surface area contributed by atoms with Gasteiger partial charge in [-0.25, -0.2) is 0 Å². The van der Waals surface area contributed by atoms with E-state index in [9.17, 15) is 5.11 Å². The second-order valence-corrected chi connectivity index (χ2v) is 6.99. The van der Waals surface area contributed by atoms with Gasteiger partial charge in [-0.05, 0) is 61.1 Å². The molecule has 1 aromatic carbocycles. The number of aliphatic hydroxyl groups excluding tert-OH is 1. The van der Waals surface area contributed by atoms with Crippen LogP contribution < -0.4 is 0 Å². The zero-order chi connectivity index (χ0) is 14.4. The lowest BCUT2D eigenvalue weighted by Gasteiger charge is -2.39. The van der Waals surface area contributed by atoms with Crippen LogP contribution in [0.3, 0.4) is 0 Å². The molecule has 1 aliphatic rings. The van der Waals surface area contributed by atoms with Crippen LogP contribution in [0.4, 0.5) is 0 Å². The van der Waals surface area contributed by atoms with Crippen molar-refractivity contribution in [2.45, 2.75) is 58.3 Å². The fraction of sp³-hybridized carbons (Fsp3) is 0.667. The SMILES string of the molecule is CCCCC1CCC(CO)(Cc2cccc(Cl)c2)CC1. The van der Waals surface area contributed by atoms with Gasteiger partial charge in [-0.3, -0.25) is 0 Å². The molecule has 0 spiro atoms. The Morgan fingerprint density at radius 2 is 2.05 bits per heavy atom. The molecule has 0 bridgehead atoms. The molecule has 20 heavy (non-hydrogen) atoms. The molecule has 1 N–H and O–H groups in total. The van der Waals surface area contributed by atoms with Gasteiger partial charge in [0.2, 0.25) is 0 Å². The summed E-state index contributed by atoms with van der Waals surface area (Å²) in [6.07, 6.45) is 9.85. The number of benzene rings is 1. The molecule has 0 saturated heterocycles. The van der Waals surface area contributed by atoms with E-state index in [1.54, 1.807) is 0 Å². The summed E-state index contributed by atoms with van der Waals surface area (Å²) in [6.45, 7) is 2.57. The van der Waals surface area contributed by atoms with Gasteiger partial charge in [-0.1, -0.05) is 49.9 Å². The van der Waals surface area contributed by atoms with Gasteiger partial charge in [0.25, 0.3) is 0 Å². The summed E-state index contributed by atoms with van der Waals surface area (Å²) in [6, 6.07) is 8.10. The summed E-state index contributed by atoms with van der Waals surface area (Å²) >= 11 is 6.07. The summed E-state index contributed by atoms with van der Waals surface area (Å²) in [5, 5.41) is 10.7. The van der Waals surface area contributed by atoms with E-state index >= 15 is 0 Å². The molecule has 2 rings (SSSR count). The summed E-state index contributed by atoms with van der Waals surface area (Å²) in [4.78, 5) is 0. The van der Waals surface area contributed by atoms with Crippen LogP contribution >= 0.6 is 11.6 Å². The fourth-order valence-corrected chi connectivity index (χ4v) is 3.76. The van der Waals surface area contributed by atoms with Gasteiger partial charge in [0.15, 0.2) is 0 Å². The minimum Gasteiger partial charge on any atom is -0.396 e. The van der Waals surface area contributed by atoms with Gasteiger partial charge in [-0.2, -0.15) is 0 Å². The highest BCUT2D eigenvalue weighted by Gasteiger charge is 2.34. The second kappa shape index (κ2) is 7.47. The van der Waals surface area contributed by atoms with E-state index < -0.39 is 0 Å². The Labute approximate surface area is 128 Å². The number of hydrogen-bond donors (Lipinski definition) is 1. The van der Waals surface area contributed by atoms with Gasteiger partial charge in [-0.15, -0.1) is 0 Å². The van der Waals surface area contributed by atoms with Crippen molar-refractivity contribution in [1.29, 1.82) is 0 Å². The minimum atomic E-state index is 0.0907. The molecule has 0 unspecified atom stereocenters. The summed E-state index contributed by atoms with van der Waals surface area (Å²) in [7, 11) is 0. The zero-order valence-corrected chi connectivity index (χ0v) is 13.3. The van der Waals surface area contributed by atoms with Gasteiger partial charge in [0.1, 0.15) is 0 Å². The van der Waals surface area contributed by atoms with Crippen LogP contribution in [0.2, 0.25) is 5.02 Å². The monoisotopic (exact) mass is 294 g/mol. The largest absolute Gasteiger partial charge is 0.396 e. The third-order valence-corrected chi connectivity index (χ3v) is 5.17. The molecule has 2 heteroatoms. The topological polar surface area (TPSA) is 20.2 Å².